The maximum absolute atomic E-state index is 12.0. The number of rotatable bonds is 3. The van der Waals surface area contributed by atoms with Crippen molar-refractivity contribution in [2.24, 2.45) is 5.73 Å². The fourth-order valence-electron chi connectivity index (χ4n) is 1.61. The number of benzene rings is 2. The van der Waals surface area contributed by atoms with Crippen LogP contribution in [0, 0.1) is 0 Å². The molecular weight excluding hydrogens is 278 g/mol. The summed E-state index contributed by atoms with van der Waals surface area (Å²) in [6.45, 7) is 0. The van der Waals surface area contributed by atoms with Gasteiger partial charge in [0.1, 0.15) is 0 Å². The highest BCUT2D eigenvalue weighted by Crippen LogP contribution is 2.20. The Bertz CT molecular complexity index is 669. The van der Waals surface area contributed by atoms with E-state index in [9.17, 15) is 9.59 Å². The van der Waals surface area contributed by atoms with Gasteiger partial charge >= 0.3 is 0 Å². The second-order valence-electron chi connectivity index (χ2n) is 4.13. The van der Waals surface area contributed by atoms with Gasteiger partial charge in [0.05, 0.1) is 10.7 Å². The summed E-state index contributed by atoms with van der Waals surface area (Å²) < 4.78 is 0. The standard InChI is InChI=1S/C14H12ClN3O2/c15-11-6-3-9(7-12(11)16)14(20)18-10-4-1-8(2-5-10)13(17)19/h1-7H,16H2,(H2,17,19)(H,18,20). The molecule has 0 bridgehead atoms. The largest absolute Gasteiger partial charge is 0.398 e. The molecule has 2 aromatic rings. The quantitative estimate of drug-likeness (QED) is 0.756. The van der Waals surface area contributed by atoms with E-state index < -0.39 is 5.91 Å². The van der Waals surface area contributed by atoms with E-state index in [0.29, 0.717) is 27.5 Å². The molecule has 0 atom stereocenters. The highest BCUT2D eigenvalue weighted by molar-refractivity contribution is 6.33. The lowest BCUT2D eigenvalue weighted by Gasteiger charge is -2.07. The van der Waals surface area contributed by atoms with Crippen molar-refractivity contribution in [3.05, 3.63) is 58.6 Å². The summed E-state index contributed by atoms with van der Waals surface area (Å²) in [6.07, 6.45) is 0. The zero-order chi connectivity index (χ0) is 14.7. The molecule has 0 saturated carbocycles. The average Bonchev–Trinajstić information content (AvgIpc) is 2.42. The molecule has 2 aromatic carbocycles. The molecule has 0 radical (unpaired) electrons. The van der Waals surface area contributed by atoms with Gasteiger partial charge in [-0.05, 0) is 42.5 Å². The Labute approximate surface area is 120 Å². The lowest BCUT2D eigenvalue weighted by atomic mass is 10.1. The molecule has 0 unspecified atom stereocenters. The fourth-order valence-corrected chi connectivity index (χ4v) is 1.72. The number of anilines is 2. The summed E-state index contributed by atoms with van der Waals surface area (Å²) in [5, 5.41) is 3.08. The van der Waals surface area contributed by atoms with Gasteiger partial charge in [-0.25, -0.2) is 0 Å². The molecule has 0 aliphatic carbocycles. The summed E-state index contributed by atoms with van der Waals surface area (Å²) in [4.78, 5) is 22.9. The lowest BCUT2D eigenvalue weighted by molar-refractivity contribution is 0.0998. The third kappa shape index (κ3) is 3.07. The summed E-state index contributed by atoms with van der Waals surface area (Å²) >= 11 is 5.79. The van der Waals surface area contributed by atoms with Crippen LogP contribution in [0.5, 0.6) is 0 Å². The van der Waals surface area contributed by atoms with Crippen molar-refractivity contribution < 1.29 is 9.59 Å². The van der Waals surface area contributed by atoms with E-state index in [1.807, 2.05) is 0 Å². The Kier molecular flexibility index (Phi) is 3.91. The Morgan fingerprint density at radius 2 is 1.60 bits per heavy atom. The van der Waals surface area contributed by atoms with Crippen molar-refractivity contribution >= 4 is 34.8 Å². The normalized spacial score (nSPS) is 10.1. The van der Waals surface area contributed by atoms with Crippen LogP contribution in [0.4, 0.5) is 11.4 Å². The molecule has 102 valence electrons. The van der Waals surface area contributed by atoms with E-state index in [4.69, 9.17) is 23.1 Å². The minimum atomic E-state index is -0.520. The molecular formula is C14H12ClN3O2. The summed E-state index contributed by atoms with van der Waals surface area (Å²) in [7, 11) is 0. The maximum atomic E-state index is 12.0. The predicted octanol–water partition coefficient (Wildman–Crippen LogP) is 2.27. The smallest absolute Gasteiger partial charge is 0.255 e. The van der Waals surface area contributed by atoms with Crippen LogP contribution in [-0.4, -0.2) is 11.8 Å². The van der Waals surface area contributed by atoms with Crippen molar-refractivity contribution in [2.75, 3.05) is 11.1 Å². The number of carbonyl (C=O) groups excluding carboxylic acids is 2. The number of carbonyl (C=O) groups is 2. The highest BCUT2D eigenvalue weighted by atomic mass is 35.5. The lowest BCUT2D eigenvalue weighted by Crippen LogP contribution is -2.13. The molecule has 0 spiro atoms. The molecule has 0 aliphatic heterocycles. The van der Waals surface area contributed by atoms with Gasteiger partial charge < -0.3 is 16.8 Å². The first-order valence-corrected chi connectivity index (χ1v) is 6.11. The zero-order valence-corrected chi connectivity index (χ0v) is 11.1. The van der Waals surface area contributed by atoms with E-state index in [-0.39, 0.29) is 5.91 Å². The molecule has 0 aromatic heterocycles. The summed E-state index contributed by atoms with van der Waals surface area (Å²) in [5.41, 5.74) is 12.4. The van der Waals surface area contributed by atoms with E-state index >= 15 is 0 Å². The Balaban J connectivity index is 2.14. The van der Waals surface area contributed by atoms with Crippen LogP contribution in [0.25, 0.3) is 0 Å². The van der Waals surface area contributed by atoms with Crippen molar-refractivity contribution in [1.29, 1.82) is 0 Å². The van der Waals surface area contributed by atoms with Crippen molar-refractivity contribution in [2.45, 2.75) is 0 Å². The predicted molar refractivity (Wildman–Crippen MR) is 78.8 cm³/mol. The number of hydrogen-bond donors (Lipinski definition) is 3. The third-order valence-corrected chi connectivity index (χ3v) is 3.03. The van der Waals surface area contributed by atoms with Crippen molar-refractivity contribution in [3.63, 3.8) is 0 Å². The minimum Gasteiger partial charge on any atom is -0.398 e. The van der Waals surface area contributed by atoms with E-state index in [0.717, 1.165) is 0 Å². The Hall–Kier alpha value is -2.53. The summed E-state index contributed by atoms with van der Waals surface area (Å²) in [5.74, 6) is -0.839. The molecule has 2 rings (SSSR count). The first kappa shape index (κ1) is 13.9. The number of primary amides is 1. The molecule has 0 heterocycles. The topological polar surface area (TPSA) is 98.2 Å². The van der Waals surface area contributed by atoms with Gasteiger partial charge in [0.15, 0.2) is 0 Å². The second-order valence-corrected chi connectivity index (χ2v) is 4.54. The van der Waals surface area contributed by atoms with Gasteiger partial charge in [0.2, 0.25) is 5.91 Å². The molecule has 5 nitrogen and oxygen atoms in total. The molecule has 6 heteroatoms. The average molecular weight is 290 g/mol. The van der Waals surface area contributed by atoms with Gasteiger partial charge in [-0.1, -0.05) is 11.6 Å². The molecule has 0 saturated heterocycles. The molecule has 0 fully saturated rings. The number of nitrogens with one attached hydrogen (secondary N) is 1. The SMILES string of the molecule is NC(=O)c1ccc(NC(=O)c2ccc(Cl)c(N)c2)cc1. The maximum Gasteiger partial charge on any atom is 0.255 e. The number of halogens is 1. The van der Waals surface area contributed by atoms with Crippen molar-refractivity contribution in [3.8, 4) is 0 Å². The minimum absolute atomic E-state index is 0.319. The fraction of sp³-hybridized carbons (Fsp3) is 0. The van der Waals surface area contributed by atoms with Crippen LogP contribution in [0.3, 0.4) is 0 Å². The van der Waals surface area contributed by atoms with Crippen LogP contribution in [0.1, 0.15) is 20.7 Å². The van der Waals surface area contributed by atoms with Gasteiger partial charge in [-0.2, -0.15) is 0 Å². The molecule has 5 N–H and O–H groups in total. The van der Waals surface area contributed by atoms with Gasteiger partial charge in [0, 0.05) is 16.8 Å². The Morgan fingerprint density at radius 3 is 2.15 bits per heavy atom. The first-order valence-electron chi connectivity index (χ1n) is 5.73. The zero-order valence-electron chi connectivity index (χ0n) is 10.4. The third-order valence-electron chi connectivity index (χ3n) is 2.69. The molecule has 20 heavy (non-hydrogen) atoms. The highest BCUT2D eigenvalue weighted by Gasteiger charge is 2.08. The number of amides is 2. The van der Waals surface area contributed by atoms with Gasteiger partial charge in [0.25, 0.3) is 5.91 Å². The second kappa shape index (κ2) is 5.63. The van der Waals surface area contributed by atoms with Crippen LogP contribution >= 0.6 is 11.6 Å². The number of hydrogen-bond acceptors (Lipinski definition) is 3. The monoisotopic (exact) mass is 289 g/mol. The van der Waals surface area contributed by atoms with Crippen LogP contribution in [-0.2, 0) is 0 Å². The van der Waals surface area contributed by atoms with Gasteiger partial charge in [-0.3, -0.25) is 9.59 Å². The van der Waals surface area contributed by atoms with E-state index in [1.165, 1.54) is 18.2 Å². The number of nitrogens with two attached hydrogens (primary N) is 2. The first-order chi connectivity index (χ1) is 9.47. The van der Waals surface area contributed by atoms with Crippen LogP contribution in [0.2, 0.25) is 5.02 Å². The van der Waals surface area contributed by atoms with Crippen LogP contribution in [0.15, 0.2) is 42.5 Å². The van der Waals surface area contributed by atoms with Crippen molar-refractivity contribution in [1.82, 2.24) is 0 Å². The van der Waals surface area contributed by atoms with E-state index in [2.05, 4.69) is 5.32 Å². The summed E-state index contributed by atoms with van der Waals surface area (Å²) in [6, 6.07) is 10.9. The van der Waals surface area contributed by atoms with Gasteiger partial charge in [-0.15, -0.1) is 0 Å². The Morgan fingerprint density at radius 1 is 1.00 bits per heavy atom. The van der Waals surface area contributed by atoms with E-state index in [1.54, 1.807) is 24.3 Å². The molecule has 2 amide bonds. The molecule has 0 aliphatic rings. The van der Waals surface area contributed by atoms with Crippen LogP contribution < -0.4 is 16.8 Å². The number of nitrogen functional groups attached to an aromatic ring is 1.